The van der Waals surface area contributed by atoms with Crippen LogP contribution in [0, 0.1) is 0 Å². The molecule has 0 spiro atoms. The number of aromatic nitrogens is 4. The van der Waals surface area contributed by atoms with Crippen LogP contribution < -0.4 is 14.5 Å². The van der Waals surface area contributed by atoms with Crippen LogP contribution in [0.3, 0.4) is 0 Å². The van der Waals surface area contributed by atoms with Crippen molar-refractivity contribution < 1.29 is 9.26 Å². The first-order valence-electron chi connectivity index (χ1n) is 7.30. The quantitative estimate of drug-likeness (QED) is 0.836. The molecule has 3 heterocycles. The van der Waals surface area contributed by atoms with Crippen LogP contribution in [-0.4, -0.2) is 54.4 Å². The van der Waals surface area contributed by atoms with Crippen molar-refractivity contribution in [1.82, 2.24) is 20.1 Å². The number of methoxy groups -OCH3 is 1. The van der Waals surface area contributed by atoms with E-state index in [0.29, 0.717) is 23.7 Å². The van der Waals surface area contributed by atoms with E-state index in [1.54, 1.807) is 19.4 Å². The van der Waals surface area contributed by atoms with Crippen molar-refractivity contribution in [3.8, 4) is 5.88 Å². The van der Waals surface area contributed by atoms with Gasteiger partial charge >= 0.3 is 0 Å². The molecule has 118 valence electrons. The standard InChI is InChI=1S/C14H20N6O2/c1-19(2)14-17-12(22-18-14)10-5-4-8-20(9-10)13-15-7-6-11(16-13)21-3/h6-7,10H,4-5,8-9H2,1-3H3. The minimum Gasteiger partial charge on any atom is -0.481 e. The van der Waals surface area contributed by atoms with Gasteiger partial charge in [0.15, 0.2) is 0 Å². The summed E-state index contributed by atoms with van der Waals surface area (Å²) in [5.41, 5.74) is 0. The highest BCUT2D eigenvalue weighted by molar-refractivity contribution is 5.34. The fraction of sp³-hybridized carbons (Fsp3) is 0.571. The molecule has 2 aromatic rings. The Hall–Kier alpha value is -2.38. The molecule has 2 aromatic heterocycles. The zero-order chi connectivity index (χ0) is 15.5. The molecule has 8 heteroatoms. The molecule has 8 nitrogen and oxygen atoms in total. The SMILES string of the molecule is COc1ccnc(N2CCCC(c3nc(N(C)C)no3)C2)n1. The number of hydrogen-bond acceptors (Lipinski definition) is 8. The zero-order valence-electron chi connectivity index (χ0n) is 13.1. The second kappa shape index (κ2) is 6.17. The number of nitrogens with zero attached hydrogens (tertiary/aromatic N) is 6. The fourth-order valence-electron chi connectivity index (χ4n) is 2.53. The van der Waals surface area contributed by atoms with Crippen LogP contribution in [0.1, 0.15) is 24.7 Å². The topological polar surface area (TPSA) is 80.4 Å². The first-order valence-corrected chi connectivity index (χ1v) is 7.30. The number of piperidine rings is 1. The molecule has 0 bridgehead atoms. The van der Waals surface area contributed by atoms with Crippen LogP contribution in [0.25, 0.3) is 0 Å². The fourth-order valence-corrected chi connectivity index (χ4v) is 2.53. The summed E-state index contributed by atoms with van der Waals surface area (Å²) < 4.78 is 10.6. The van der Waals surface area contributed by atoms with Crippen LogP contribution in [0.2, 0.25) is 0 Å². The summed E-state index contributed by atoms with van der Waals surface area (Å²) in [5, 5.41) is 3.99. The molecule has 1 fully saturated rings. The lowest BCUT2D eigenvalue weighted by molar-refractivity contribution is 0.332. The molecule has 1 atom stereocenters. The van der Waals surface area contributed by atoms with Gasteiger partial charge in [0.05, 0.1) is 13.0 Å². The van der Waals surface area contributed by atoms with Crippen molar-refractivity contribution in [1.29, 1.82) is 0 Å². The van der Waals surface area contributed by atoms with Gasteiger partial charge in [-0.2, -0.15) is 9.97 Å². The second-order valence-electron chi connectivity index (χ2n) is 5.51. The highest BCUT2D eigenvalue weighted by Gasteiger charge is 2.27. The van der Waals surface area contributed by atoms with Crippen molar-refractivity contribution in [2.75, 3.05) is 44.1 Å². The Morgan fingerprint density at radius 2 is 2.23 bits per heavy atom. The molecule has 1 aliphatic rings. The molecular weight excluding hydrogens is 284 g/mol. The molecule has 0 aromatic carbocycles. The van der Waals surface area contributed by atoms with Gasteiger partial charge in [-0.25, -0.2) is 4.98 Å². The van der Waals surface area contributed by atoms with Crippen molar-refractivity contribution in [2.24, 2.45) is 0 Å². The summed E-state index contributed by atoms with van der Waals surface area (Å²) in [6, 6.07) is 1.74. The average molecular weight is 304 g/mol. The zero-order valence-corrected chi connectivity index (χ0v) is 13.1. The van der Waals surface area contributed by atoms with Crippen molar-refractivity contribution in [3.05, 3.63) is 18.2 Å². The Morgan fingerprint density at radius 3 is 2.95 bits per heavy atom. The molecule has 1 saturated heterocycles. The maximum atomic E-state index is 5.40. The van der Waals surface area contributed by atoms with Gasteiger partial charge in [0.25, 0.3) is 5.95 Å². The van der Waals surface area contributed by atoms with E-state index in [1.807, 2.05) is 19.0 Å². The van der Waals surface area contributed by atoms with Gasteiger partial charge in [-0.3, -0.25) is 0 Å². The maximum Gasteiger partial charge on any atom is 0.265 e. The lowest BCUT2D eigenvalue weighted by Crippen LogP contribution is -2.35. The van der Waals surface area contributed by atoms with E-state index < -0.39 is 0 Å². The van der Waals surface area contributed by atoms with E-state index in [9.17, 15) is 0 Å². The minimum absolute atomic E-state index is 0.199. The van der Waals surface area contributed by atoms with Crippen LogP contribution in [0.4, 0.5) is 11.9 Å². The summed E-state index contributed by atoms with van der Waals surface area (Å²) >= 11 is 0. The van der Waals surface area contributed by atoms with Crippen LogP contribution in [0.5, 0.6) is 5.88 Å². The molecular formula is C14H20N6O2. The highest BCUT2D eigenvalue weighted by atomic mass is 16.5. The third-order valence-electron chi connectivity index (χ3n) is 3.71. The first-order chi connectivity index (χ1) is 10.7. The van der Waals surface area contributed by atoms with E-state index in [4.69, 9.17) is 9.26 Å². The molecule has 0 amide bonds. The number of ether oxygens (including phenoxy) is 1. The van der Waals surface area contributed by atoms with E-state index >= 15 is 0 Å². The third kappa shape index (κ3) is 2.95. The van der Waals surface area contributed by atoms with Crippen molar-refractivity contribution >= 4 is 11.9 Å². The highest BCUT2D eigenvalue weighted by Crippen LogP contribution is 2.28. The number of rotatable bonds is 4. The average Bonchev–Trinajstić information content (AvgIpc) is 3.05. The molecule has 22 heavy (non-hydrogen) atoms. The largest absolute Gasteiger partial charge is 0.481 e. The Bertz CT molecular complexity index is 629. The first kappa shape index (κ1) is 14.6. The van der Waals surface area contributed by atoms with Gasteiger partial charge in [0.2, 0.25) is 17.7 Å². The van der Waals surface area contributed by atoms with Gasteiger partial charge < -0.3 is 19.1 Å². The second-order valence-corrected chi connectivity index (χ2v) is 5.51. The van der Waals surface area contributed by atoms with Crippen molar-refractivity contribution in [3.63, 3.8) is 0 Å². The molecule has 0 radical (unpaired) electrons. The molecule has 0 N–H and O–H groups in total. The normalized spacial score (nSPS) is 18.3. The number of hydrogen-bond donors (Lipinski definition) is 0. The van der Waals surface area contributed by atoms with Gasteiger partial charge in [-0.1, -0.05) is 0 Å². The predicted molar refractivity (Wildman–Crippen MR) is 81.4 cm³/mol. The number of anilines is 2. The van der Waals surface area contributed by atoms with Crippen LogP contribution in [0.15, 0.2) is 16.8 Å². The smallest absolute Gasteiger partial charge is 0.265 e. The summed E-state index contributed by atoms with van der Waals surface area (Å²) in [6.45, 7) is 1.68. The Labute approximate surface area is 129 Å². The molecule has 1 aliphatic heterocycles. The Morgan fingerprint density at radius 1 is 1.36 bits per heavy atom. The lowest BCUT2D eigenvalue weighted by Gasteiger charge is -2.30. The van der Waals surface area contributed by atoms with Gasteiger partial charge in [0.1, 0.15) is 0 Å². The Kier molecular flexibility index (Phi) is 4.08. The van der Waals surface area contributed by atoms with Crippen LogP contribution in [-0.2, 0) is 0 Å². The lowest BCUT2D eigenvalue weighted by atomic mass is 9.98. The summed E-state index contributed by atoms with van der Waals surface area (Å²) in [6.07, 6.45) is 3.77. The van der Waals surface area contributed by atoms with Gasteiger partial charge in [-0.05, 0) is 18.0 Å². The van der Waals surface area contributed by atoms with E-state index in [2.05, 4.69) is 25.0 Å². The summed E-state index contributed by atoms with van der Waals surface area (Å²) in [7, 11) is 5.39. The monoisotopic (exact) mass is 304 g/mol. The summed E-state index contributed by atoms with van der Waals surface area (Å²) in [5.74, 6) is 2.72. The predicted octanol–water partition coefficient (Wildman–Crippen LogP) is 1.32. The van der Waals surface area contributed by atoms with E-state index in [0.717, 1.165) is 25.9 Å². The Balaban J connectivity index is 1.75. The van der Waals surface area contributed by atoms with Gasteiger partial charge in [-0.15, -0.1) is 0 Å². The van der Waals surface area contributed by atoms with E-state index in [-0.39, 0.29) is 5.92 Å². The molecule has 1 unspecified atom stereocenters. The van der Waals surface area contributed by atoms with Gasteiger partial charge in [0, 0.05) is 39.4 Å². The summed E-state index contributed by atoms with van der Waals surface area (Å²) in [4.78, 5) is 17.1. The molecule has 0 saturated carbocycles. The maximum absolute atomic E-state index is 5.40. The third-order valence-corrected chi connectivity index (χ3v) is 3.71. The van der Waals surface area contributed by atoms with Crippen LogP contribution >= 0.6 is 0 Å². The molecule has 0 aliphatic carbocycles. The minimum atomic E-state index is 0.199. The van der Waals surface area contributed by atoms with E-state index in [1.165, 1.54) is 0 Å². The van der Waals surface area contributed by atoms with Crippen molar-refractivity contribution in [2.45, 2.75) is 18.8 Å². The molecule has 3 rings (SSSR count).